The van der Waals surface area contributed by atoms with E-state index in [2.05, 4.69) is 5.32 Å². The van der Waals surface area contributed by atoms with Gasteiger partial charge in [-0.15, -0.1) is 0 Å². The first-order chi connectivity index (χ1) is 12.8. The van der Waals surface area contributed by atoms with Crippen LogP contribution in [0.3, 0.4) is 0 Å². The molecule has 1 fully saturated rings. The summed E-state index contributed by atoms with van der Waals surface area (Å²) in [7, 11) is 0. The van der Waals surface area contributed by atoms with Crippen molar-refractivity contribution in [2.75, 3.05) is 16.8 Å². The summed E-state index contributed by atoms with van der Waals surface area (Å²) in [5.41, 5.74) is -0.175. The molecule has 0 aliphatic heterocycles. The molecule has 0 heterocycles. The summed E-state index contributed by atoms with van der Waals surface area (Å²) in [5, 5.41) is 2.24. The Hall–Kier alpha value is -2.83. The number of hydrogen-bond acceptors (Lipinski definition) is 2. The molecule has 3 rings (SSSR count). The lowest BCUT2D eigenvalue weighted by Crippen LogP contribution is -2.43. The fourth-order valence-corrected chi connectivity index (χ4v) is 3.03. The number of carbonyl (C=O) groups is 2. The molecule has 0 aromatic heterocycles. The van der Waals surface area contributed by atoms with Crippen molar-refractivity contribution in [1.82, 2.24) is 0 Å². The van der Waals surface area contributed by atoms with Crippen LogP contribution >= 0.6 is 0 Å². The topological polar surface area (TPSA) is 49.4 Å². The fraction of sp³-hybridized carbons (Fsp3) is 0.300. The number of benzene rings is 2. The standard InChI is InChI=1S/C20H19F3N2O2/c1-3-25(13-6-4-5-12(2)11-13)19(27)20(9-10-20)18(26)24-15-8-7-14(21)16(22)17(15)23/h4-8,11H,3,9-10H2,1-2H3,(H,24,26). The van der Waals surface area contributed by atoms with Gasteiger partial charge in [0, 0.05) is 12.2 Å². The van der Waals surface area contributed by atoms with E-state index < -0.39 is 40.4 Å². The van der Waals surface area contributed by atoms with Gasteiger partial charge in [0.05, 0.1) is 5.69 Å². The lowest BCUT2D eigenvalue weighted by atomic mass is 10.0. The van der Waals surface area contributed by atoms with Crippen molar-refractivity contribution in [2.45, 2.75) is 26.7 Å². The zero-order chi connectivity index (χ0) is 19.8. The van der Waals surface area contributed by atoms with Crippen molar-refractivity contribution >= 4 is 23.2 Å². The SMILES string of the molecule is CCN(C(=O)C1(C(=O)Nc2ccc(F)c(F)c2F)CC1)c1cccc(C)c1. The van der Waals surface area contributed by atoms with Crippen LogP contribution in [0, 0.1) is 29.8 Å². The number of halogens is 3. The first kappa shape index (κ1) is 18.9. The lowest BCUT2D eigenvalue weighted by Gasteiger charge is -2.26. The first-order valence-corrected chi connectivity index (χ1v) is 8.63. The number of amides is 2. The van der Waals surface area contributed by atoms with Crippen molar-refractivity contribution in [2.24, 2.45) is 5.41 Å². The van der Waals surface area contributed by atoms with Gasteiger partial charge in [0.1, 0.15) is 5.41 Å². The normalized spacial score (nSPS) is 14.6. The van der Waals surface area contributed by atoms with Gasteiger partial charge in [-0.3, -0.25) is 9.59 Å². The molecule has 0 spiro atoms. The quantitative estimate of drug-likeness (QED) is 0.629. The Balaban J connectivity index is 1.84. The minimum absolute atomic E-state index is 0.311. The van der Waals surface area contributed by atoms with Crippen LogP contribution in [0.5, 0.6) is 0 Å². The molecule has 0 saturated heterocycles. The molecule has 7 heteroatoms. The summed E-state index contributed by atoms with van der Waals surface area (Å²) >= 11 is 0. The number of nitrogens with zero attached hydrogens (tertiary/aromatic N) is 1. The fourth-order valence-electron chi connectivity index (χ4n) is 3.03. The molecule has 2 amide bonds. The highest BCUT2D eigenvalue weighted by Crippen LogP contribution is 2.49. The second-order valence-corrected chi connectivity index (χ2v) is 6.65. The molecule has 0 unspecified atom stereocenters. The minimum atomic E-state index is -1.67. The summed E-state index contributed by atoms with van der Waals surface area (Å²) < 4.78 is 40.3. The number of anilines is 2. The highest BCUT2D eigenvalue weighted by molar-refractivity contribution is 6.17. The number of carbonyl (C=O) groups excluding carboxylic acids is 2. The van der Waals surface area contributed by atoms with E-state index in [-0.39, 0.29) is 0 Å². The van der Waals surface area contributed by atoms with Gasteiger partial charge in [-0.25, -0.2) is 13.2 Å². The molecule has 27 heavy (non-hydrogen) atoms. The predicted octanol–water partition coefficient (Wildman–Crippen LogP) is 4.18. The second kappa shape index (κ2) is 7.06. The van der Waals surface area contributed by atoms with E-state index >= 15 is 0 Å². The summed E-state index contributed by atoms with van der Waals surface area (Å²) in [6.07, 6.45) is 0.622. The van der Waals surface area contributed by atoms with E-state index in [0.29, 0.717) is 25.1 Å². The summed E-state index contributed by atoms with van der Waals surface area (Å²) in [4.78, 5) is 27.2. The molecule has 1 aliphatic carbocycles. The van der Waals surface area contributed by atoms with Crippen molar-refractivity contribution < 1.29 is 22.8 Å². The van der Waals surface area contributed by atoms with Crippen LogP contribution in [0.25, 0.3) is 0 Å². The van der Waals surface area contributed by atoms with Gasteiger partial charge >= 0.3 is 0 Å². The molecule has 1 saturated carbocycles. The summed E-state index contributed by atoms with van der Waals surface area (Å²) in [6.45, 7) is 4.05. The Labute approximate surface area is 155 Å². The van der Waals surface area contributed by atoms with Crippen LogP contribution in [-0.4, -0.2) is 18.4 Å². The number of nitrogens with one attached hydrogen (secondary N) is 1. The van der Waals surface area contributed by atoms with Crippen molar-refractivity contribution in [3.8, 4) is 0 Å². The Morgan fingerprint density at radius 1 is 1.11 bits per heavy atom. The van der Waals surface area contributed by atoms with Crippen molar-refractivity contribution in [1.29, 1.82) is 0 Å². The monoisotopic (exact) mass is 376 g/mol. The Bertz CT molecular complexity index is 910. The van der Waals surface area contributed by atoms with E-state index in [1.807, 2.05) is 25.1 Å². The maximum absolute atomic E-state index is 13.8. The van der Waals surface area contributed by atoms with Gasteiger partial charge < -0.3 is 10.2 Å². The molecule has 1 aliphatic rings. The molecule has 0 bridgehead atoms. The van der Waals surface area contributed by atoms with E-state index in [1.165, 1.54) is 4.90 Å². The molecule has 2 aromatic rings. The second-order valence-electron chi connectivity index (χ2n) is 6.65. The van der Waals surface area contributed by atoms with Crippen LogP contribution in [-0.2, 0) is 9.59 Å². The Morgan fingerprint density at radius 3 is 2.41 bits per heavy atom. The van der Waals surface area contributed by atoms with Crippen LogP contribution in [0.4, 0.5) is 24.5 Å². The van der Waals surface area contributed by atoms with E-state index in [1.54, 1.807) is 13.0 Å². The number of hydrogen-bond donors (Lipinski definition) is 1. The molecule has 142 valence electrons. The lowest BCUT2D eigenvalue weighted by molar-refractivity contribution is -0.132. The third-order valence-electron chi connectivity index (χ3n) is 4.75. The van der Waals surface area contributed by atoms with Gasteiger partial charge in [-0.2, -0.15) is 0 Å². The molecular weight excluding hydrogens is 357 g/mol. The van der Waals surface area contributed by atoms with Crippen molar-refractivity contribution in [3.05, 3.63) is 59.4 Å². The van der Waals surface area contributed by atoms with Crippen LogP contribution in [0.2, 0.25) is 0 Å². The molecule has 4 nitrogen and oxygen atoms in total. The maximum atomic E-state index is 13.8. The highest BCUT2D eigenvalue weighted by atomic mass is 19.2. The smallest absolute Gasteiger partial charge is 0.242 e. The molecule has 1 N–H and O–H groups in total. The van der Waals surface area contributed by atoms with Gasteiger partial charge in [-0.05, 0) is 56.5 Å². The zero-order valence-corrected chi connectivity index (χ0v) is 15.0. The van der Waals surface area contributed by atoms with E-state index in [4.69, 9.17) is 0 Å². The summed E-state index contributed by atoms with van der Waals surface area (Å²) in [6, 6.07) is 8.98. The third kappa shape index (κ3) is 3.41. The predicted molar refractivity (Wildman–Crippen MR) is 95.8 cm³/mol. The molecule has 2 aromatic carbocycles. The van der Waals surface area contributed by atoms with E-state index in [9.17, 15) is 22.8 Å². The van der Waals surface area contributed by atoms with Gasteiger partial charge in [-0.1, -0.05) is 12.1 Å². The summed E-state index contributed by atoms with van der Waals surface area (Å²) in [5.74, 6) is -5.62. The molecular formula is C20H19F3N2O2. The largest absolute Gasteiger partial charge is 0.323 e. The zero-order valence-electron chi connectivity index (χ0n) is 15.0. The Morgan fingerprint density at radius 2 is 1.81 bits per heavy atom. The maximum Gasteiger partial charge on any atom is 0.242 e. The first-order valence-electron chi connectivity index (χ1n) is 8.63. The average Bonchev–Trinajstić information content (AvgIpc) is 3.45. The number of aryl methyl sites for hydroxylation is 1. The minimum Gasteiger partial charge on any atom is -0.323 e. The van der Waals surface area contributed by atoms with Gasteiger partial charge in [0.25, 0.3) is 0 Å². The average molecular weight is 376 g/mol. The molecule has 0 atom stereocenters. The van der Waals surface area contributed by atoms with Gasteiger partial charge in [0.2, 0.25) is 11.8 Å². The van der Waals surface area contributed by atoms with Crippen LogP contribution in [0.1, 0.15) is 25.3 Å². The highest BCUT2D eigenvalue weighted by Gasteiger charge is 2.58. The third-order valence-corrected chi connectivity index (χ3v) is 4.75. The number of rotatable bonds is 5. The van der Waals surface area contributed by atoms with Gasteiger partial charge in [0.15, 0.2) is 17.5 Å². The van der Waals surface area contributed by atoms with Crippen molar-refractivity contribution in [3.63, 3.8) is 0 Å². The Kier molecular flexibility index (Phi) is 4.95. The van der Waals surface area contributed by atoms with Crippen LogP contribution in [0.15, 0.2) is 36.4 Å². The van der Waals surface area contributed by atoms with Crippen LogP contribution < -0.4 is 10.2 Å². The molecule has 0 radical (unpaired) electrons. The van der Waals surface area contributed by atoms with E-state index in [0.717, 1.165) is 17.7 Å².